The minimum absolute atomic E-state index is 0.324. The molecule has 1 aliphatic rings. The zero-order chi connectivity index (χ0) is 11.5. The predicted molar refractivity (Wildman–Crippen MR) is 63.7 cm³/mol. The van der Waals surface area contributed by atoms with E-state index >= 15 is 0 Å². The van der Waals surface area contributed by atoms with E-state index in [1.165, 1.54) is 0 Å². The lowest BCUT2D eigenvalue weighted by Gasteiger charge is -2.28. The lowest BCUT2D eigenvalue weighted by Crippen LogP contribution is -2.41. The van der Waals surface area contributed by atoms with Crippen molar-refractivity contribution in [1.29, 1.82) is 0 Å². The second-order valence-corrected chi connectivity index (χ2v) is 6.86. The highest BCUT2D eigenvalue weighted by Gasteiger charge is 2.35. The summed E-state index contributed by atoms with van der Waals surface area (Å²) in [5, 5.41) is 3.45. The van der Waals surface area contributed by atoms with Gasteiger partial charge in [-0.15, -0.1) is 0 Å². The third-order valence-electron chi connectivity index (χ3n) is 3.47. The van der Waals surface area contributed by atoms with Crippen LogP contribution in [0.5, 0.6) is 0 Å². The lowest BCUT2D eigenvalue weighted by molar-refractivity contribution is 0.286. The van der Waals surface area contributed by atoms with Crippen molar-refractivity contribution < 1.29 is 8.42 Å². The Balaban J connectivity index is 2.65. The van der Waals surface area contributed by atoms with Crippen molar-refractivity contribution in [3.8, 4) is 0 Å². The molecular formula is C11H23NO2S. The largest absolute Gasteiger partial charge is 0.314 e. The molecule has 90 valence electrons. The van der Waals surface area contributed by atoms with Gasteiger partial charge in [-0.1, -0.05) is 27.2 Å². The highest BCUT2D eigenvalue weighted by molar-refractivity contribution is 7.91. The summed E-state index contributed by atoms with van der Waals surface area (Å²) in [6.45, 7) is 7.38. The molecule has 0 aromatic carbocycles. The van der Waals surface area contributed by atoms with E-state index in [1.807, 2.05) is 0 Å². The van der Waals surface area contributed by atoms with Crippen molar-refractivity contribution in [2.24, 2.45) is 11.8 Å². The first-order valence-electron chi connectivity index (χ1n) is 5.94. The number of hydrogen-bond donors (Lipinski definition) is 1. The standard InChI is InChI=1S/C11H23NO2S/c1-4-9(3)11(12-5-2)10-6-7-15(13,14)8-10/h9-12H,4-8H2,1-3H3. The lowest BCUT2D eigenvalue weighted by atomic mass is 9.87. The third kappa shape index (κ3) is 3.45. The molecule has 0 aromatic rings. The SMILES string of the molecule is CCNC(C(C)CC)C1CCS(=O)(=O)C1. The molecule has 0 aromatic heterocycles. The number of hydrogen-bond acceptors (Lipinski definition) is 3. The maximum absolute atomic E-state index is 11.4. The van der Waals surface area contributed by atoms with E-state index in [0.29, 0.717) is 29.4 Å². The first kappa shape index (κ1) is 13.0. The van der Waals surface area contributed by atoms with E-state index in [1.54, 1.807) is 0 Å². The van der Waals surface area contributed by atoms with Crippen LogP contribution >= 0.6 is 0 Å². The highest BCUT2D eigenvalue weighted by atomic mass is 32.2. The van der Waals surface area contributed by atoms with Crippen LogP contribution in [0.3, 0.4) is 0 Å². The van der Waals surface area contributed by atoms with Gasteiger partial charge in [-0.25, -0.2) is 8.42 Å². The highest BCUT2D eigenvalue weighted by Crippen LogP contribution is 2.26. The van der Waals surface area contributed by atoms with E-state index < -0.39 is 9.84 Å². The van der Waals surface area contributed by atoms with Crippen molar-refractivity contribution in [3.63, 3.8) is 0 Å². The van der Waals surface area contributed by atoms with Crippen molar-refractivity contribution in [3.05, 3.63) is 0 Å². The fourth-order valence-corrected chi connectivity index (χ4v) is 4.28. The average molecular weight is 233 g/mol. The molecule has 1 saturated heterocycles. The number of nitrogens with one attached hydrogen (secondary N) is 1. The molecule has 3 unspecified atom stereocenters. The Bertz CT molecular complexity index is 287. The van der Waals surface area contributed by atoms with Crippen molar-refractivity contribution >= 4 is 9.84 Å². The monoisotopic (exact) mass is 233 g/mol. The Morgan fingerprint density at radius 3 is 2.47 bits per heavy atom. The summed E-state index contributed by atoms with van der Waals surface area (Å²) in [6, 6.07) is 0.372. The first-order chi connectivity index (χ1) is 7.00. The van der Waals surface area contributed by atoms with Gasteiger partial charge in [0.15, 0.2) is 9.84 Å². The van der Waals surface area contributed by atoms with E-state index in [9.17, 15) is 8.42 Å². The van der Waals surface area contributed by atoms with Crippen LogP contribution in [0.15, 0.2) is 0 Å². The smallest absolute Gasteiger partial charge is 0.150 e. The zero-order valence-electron chi connectivity index (χ0n) is 9.99. The summed E-state index contributed by atoms with van der Waals surface area (Å²) in [4.78, 5) is 0. The molecule has 1 aliphatic heterocycles. The number of sulfone groups is 1. The molecule has 1 N–H and O–H groups in total. The van der Waals surface area contributed by atoms with Crippen LogP contribution in [0, 0.1) is 11.8 Å². The molecule has 0 amide bonds. The van der Waals surface area contributed by atoms with Crippen molar-refractivity contribution in [1.82, 2.24) is 5.32 Å². The second kappa shape index (κ2) is 5.30. The van der Waals surface area contributed by atoms with Crippen LogP contribution in [0.1, 0.15) is 33.6 Å². The summed E-state index contributed by atoms with van der Waals surface area (Å²) in [6.07, 6.45) is 1.94. The van der Waals surface area contributed by atoms with Crippen LogP contribution in [-0.4, -0.2) is 32.5 Å². The Hall–Kier alpha value is -0.0900. The van der Waals surface area contributed by atoms with Gasteiger partial charge in [-0.3, -0.25) is 0 Å². The first-order valence-corrected chi connectivity index (χ1v) is 7.76. The maximum Gasteiger partial charge on any atom is 0.150 e. The minimum Gasteiger partial charge on any atom is -0.314 e. The third-order valence-corrected chi connectivity index (χ3v) is 5.27. The van der Waals surface area contributed by atoms with E-state index in [0.717, 1.165) is 19.4 Å². The Labute approximate surface area is 93.6 Å². The van der Waals surface area contributed by atoms with Crippen LogP contribution in [-0.2, 0) is 9.84 Å². The molecule has 3 nitrogen and oxygen atoms in total. The average Bonchev–Trinajstić information content (AvgIpc) is 2.54. The molecule has 0 bridgehead atoms. The minimum atomic E-state index is -2.74. The number of rotatable bonds is 5. The van der Waals surface area contributed by atoms with Gasteiger partial charge >= 0.3 is 0 Å². The van der Waals surface area contributed by atoms with E-state index in [2.05, 4.69) is 26.1 Å². The van der Waals surface area contributed by atoms with Gasteiger partial charge in [0.1, 0.15) is 0 Å². The molecule has 1 heterocycles. The Morgan fingerprint density at radius 1 is 1.40 bits per heavy atom. The summed E-state index contributed by atoms with van der Waals surface area (Å²) in [7, 11) is -2.74. The van der Waals surface area contributed by atoms with Crippen molar-refractivity contribution in [2.45, 2.75) is 39.7 Å². The summed E-state index contributed by atoms with van der Waals surface area (Å²) < 4.78 is 22.9. The van der Waals surface area contributed by atoms with Crippen LogP contribution in [0.2, 0.25) is 0 Å². The summed E-state index contributed by atoms with van der Waals surface area (Å²) >= 11 is 0. The van der Waals surface area contributed by atoms with E-state index in [4.69, 9.17) is 0 Å². The van der Waals surface area contributed by atoms with Gasteiger partial charge in [0.05, 0.1) is 11.5 Å². The fraction of sp³-hybridized carbons (Fsp3) is 1.00. The molecule has 0 spiro atoms. The topological polar surface area (TPSA) is 46.2 Å². The fourth-order valence-electron chi connectivity index (χ4n) is 2.43. The molecule has 3 atom stereocenters. The van der Waals surface area contributed by atoms with Gasteiger partial charge in [0, 0.05) is 6.04 Å². The molecule has 0 saturated carbocycles. The van der Waals surface area contributed by atoms with Crippen LogP contribution < -0.4 is 5.32 Å². The van der Waals surface area contributed by atoms with Gasteiger partial charge < -0.3 is 5.32 Å². The van der Waals surface area contributed by atoms with E-state index in [-0.39, 0.29) is 0 Å². The van der Waals surface area contributed by atoms with Crippen LogP contribution in [0.4, 0.5) is 0 Å². The van der Waals surface area contributed by atoms with Gasteiger partial charge in [0.25, 0.3) is 0 Å². The Kier molecular flexibility index (Phi) is 4.59. The van der Waals surface area contributed by atoms with Gasteiger partial charge in [-0.2, -0.15) is 0 Å². The van der Waals surface area contributed by atoms with Crippen molar-refractivity contribution in [2.75, 3.05) is 18.1 Å². The molecule has 0 aliphatic carbocycles. The molecule has 0 radical (unpaired) electrons. The summed E-state index contributed by atoms with van der Waals surface area (Å²) in [5.41, 5.74) is 0. The molecular weight excluding hydrogens is 210 g/mol. The second-order valence-electron chi connectivity index (χ2n) is 4.63. The van der Waals surface area contributed by atoms with Gasteiger partial charge in [-0.05, 0) is 24.8 Å². The molecule has 4 heteroatoms. The predicted octanol–water partition coefficient (Wildman–Crippen LogP) is 1.45. The summed E-state index contributed by atoms with van der Waals surface area (Å²) in [5.74, 6) is 1.65. The molecule has 1 rings (SSSR count). The Morgan fingerprint density at radius 2 is 2.07 bits per heavy atom. The quantitative estimate of drug-likeness (QED) is 0.781. The molecule has 1 fully saturated rings. The molecule has 15 heavy (non-hydrogen) atoms. The van der Waals surface area contributed by atoms with Gasteiger partial charge in [0.2, 0.25) is 0 Å². The maximum atomic E-state index is 11.4. The zero-order valence-corrected chi connectivity index (χ0v) is 10.8. The normalized spacial score (nSPS) is 28.9. The van der Waals surface area contributed by atoms with Crippen LogP contribution in [0.25, 0.3) is 0 Å².